The van der Waals surface area contributed by atoms with Gasteiger partial charge in [0.05, 0.1) is 19.6 Å². The van der Waals surface area contributed by atoms with E-state index in [9.17, 15) is 29.7 Å². The van der Waals surface area contributed by atoms with Gasteiger partial charge in [-0.25, -0.2) is 0 Å². The van der Waals surface area contributed by atoms with Gasteiger partial charge in [0.1, 0.15) is 0 Å². The molecule has 31 heavy (non-hydrogen) atoms. The van der Waals surface area contributed by atoms with Gasteiger partial charge in [0.2, 0.25) is 0 Å². The van der Waals surface area contributed by atoms with Gasteiger partial charge in [-0.15, -0.1) is 21.6 Å². The number of terminal acetylenes is 1. The van der Waals surface area contributed by atoms with Crippen molar-refractivity contribution >= 4 is 27.1 Å². The Balaban J connectivity index is 3.10. The van der Waals surface area contributed by atoms with Gasteiger partial charge in [-0.05, 0) is 13.8 Å². The summed E-state index contributed by atoms with van der Waals surface area (Å²) in [4.78, 5) is 41.3. The quantitative estimate of drug-likeness (QED) is 0.318. The van der Waals surface area contributed by atoms with Crippen LogP contribution in [-0.4, -0.2) is 130 Å². The van der Waals surface area contributed by atoms with Crippen molar-refractivity contribution in [1.82, 2.24) is 19.6 Å². The first-order valence-electron chi connectivity index (χ1n) is 10.3. The minimum Gasteiger partial charge on any atom is -0.480 e. The van der Waals surface area contributed by atoms with Crippen molar-refractivity contribution in [3.8, 4) is 12.3 Å². The third-order valence-corrected chi connectivity index (χ3v) is 6.59. The second-order valence-electron chi connectivity index (χ2n) is 8.11. The largest absolute Gasteiger partial charge is 0.480 e. The van der Waals surface area contributed by atoms with Crippen molar-refractivity contribution in [2.45, 2.75) is 19.1 Å². The molecule has 1 heterocycles. The third-order valence-electron chi connectivity index (χ3n) is 5.72. The highest BCUT2D eigenvalue weighted by Crippen LogP contribution is 2.31. The Hall–Kier alpha value is -1.76. The molecule has 176 valence electrons. The molecule has 0 bridgehead atoms. The summed E-state index contributed by atoms with van der Waals surface area (Å²) in [7, 11) is 2.79. The Morgan fingerprint density at radius 3 is 1.39 bits per heavy atom. The Labute approximate surface area is 186 Å². The van der Waals surface area contributed by atoms with E-state index in [1.165, 1.54) is 0 Å². The summed E-state index contributed by atoms with van der Waals surface area (Å²) in [6, 6.07) is 0. The lowest BCUT2D eigenvalue weighted by Gasteiger charge is -2.43. The van der Waals surface area contributed by atoms with Crippen molar-refractivity contribution < 1.29 is 29.7 Å². The first-order valence-corrected chi connectivity index (χ1v) is 10.9. The van der Waals surface area contributed by atoms with Crippen LogP contribution in [0.5, 0.6) is 0 Å². The number of rotatable bonds is 8. The molecule has 1 rings (SSSR count). The molecule has 11 heteroatoms. The van der Waals surface area contributed by atoms with Crippen LogP contribution in [0.4, 0.5) is 0 Å². The van der Waals surface area contributed by atoms with Crippen LogP contribution in [0.25, 0.3) is 0 Å². The van der Waals surface area contributed by atoms with E-state index in [1.807, 2.05) is 13.8 Å². The third kappa shape index (κ3) is 9.93. The smallest absolute Gasteiger partial charge is 0.317 e. The van der Waals surface area contributed by atoms with Crippen LogP contribution in [0.15, 0.2) is 0 Å². The fraction of sp³-hybridized carbons (Fsp3) is 0.750. The van der Waals surface area contributed by atoms with Crippen molar-refractivity contribution in [2.24, 2.45) is 5.92 Å². The number of carboxylic acid groups (broad SMARTS) is 3. The monoisotopic (exact) mass is 458 g/mol. The standard InChI is InChI=1S/C20H35N4O6P/c1-4-16(2)20(3,31)24-11-9-22(14-18(27)28)7-5-21(13-17(25)26)6-8-23(10-12-24)15-19(29)30/h1,16H,5-15,31H2,2-3H3,(H,25,26)(H,27,28)(H,29,30). The number of hydrogen-bond acceptors (Lipinski definition) is 7. The van der Waals surface area contributed by atoms with E-state index in [0.717, 1.165) is 0 Å². The van der Waals surface area contributed by atoms with Gasteiger partial charge in [-0.1, -0.05) is 0 Å². The fourth-order valence-electron chi connectivity index (χ4n) is 3.51. The lowest BCUT2D eigenvalue weighted by Crippen LogP contribution is -2.53. The molecule has 3 atom stereocenters. The summed E-state index contributed by atoms with van der Waals surface area (Å²) in [6.07, 6.45) is 5.66. The van der Waals surface area contributed by atoms with Gasteiger partial charge in [0.25, 0.3) is 0 Å². The molecule has 0 radical (unpaired) electrons. The van der Waals surface area contributed by atoms with E-state index in [0.29, 0.717) is 52.4 Å². The van der Waals surface area contributed by atoms with Gasteiger partial charge in [-0.3, -0.25) is 34.0 Å². The molecule has 0 aromatic rings. The van der Waals surface area contributed by atoms with Gasteiger partial charge in [0, 0.05) is 63.6 Å². The van der Waals surface area contributed by atoms with E-state index >= 15 is 0 Å². The summed E-state index contributed by atoms with van der Waals surface area (Å²) in [5.41, 5.74) is 0. The minimum atomic E-state index is -0.977. The first kappa shape index (κ1) is 27.3. The van der Waals surface area contributed by atoms with Crippen LogP contribution in [-0.2, 0) is 14.4 Å². The summed E-state index contributed by atoms with van der Waals surface area (Å²) in [5.74, 6) is -0.203. The van der Waals surface area contributed by atoms with E-state index < -0.39 is 23.2 Å². The summed E-state index contributed by atoms with van der Waals surface area (Å²) in [5, 5.41) is 27.3. The van der Waals surface area contributed by atoms with Crippen LogP contribution >= 0.6 is 9.24 Å². The molecule has 0 aliphatic carbocycles. The molecule has 0 aromatic heterocycles. The van der Waals surface area contributed by atoms with Crippen LogP contribution in [0.3, 0.4) is 0 Å². The molecule has 0 saturated carbocycles. The van der Waals surface area contributed by atoms with Gasteiger partial charge in [-0.2, -0.15) is 0 Å². The van der Waals surface area contributed by atoms with Crippen molar-refractivity contribution in [2.75, 3.05) is 72.0 Å². The van der Waals surface area contributed by atoms with Crippen LogP contribution in [0, 0.1) is 18.3 Å². The zero-order valence-corrected chi connectivity index (χ0v) is 19.5. The molecule has 0 spiro atoms. The normalized spacial score (nSPS) is 21.7. The average Bonchev–Trinajstić information content (AvgIpc) is 2.65. The molecule has 1 aliphatic heterocycles. The summed E-state index contributed by atoms with van der Waals surface area (Å²) < 4.78 is 0. The van der Waals surface area contributed by atoms with Gasteiger partial charge >= 0.3 is 17.9 Å². The Morgan fingerprint density at radius 1 is 0.839 bits per heavy atom. The Bertz CT molecular complexity index is 637. The topological polar surface area (TPSA) is 125 Å². The molecule has 0 amide bonds. The van der Waals surface area contributed by atoms with Crippen LogP contribution in [0.1, 0.15) is 13.8 Å². The predicted octanol–water partition coefficient (Wildman–Crippen LogP) is -0.678. The molecule has 3 N–H and O–H groups in total. The predicted molar refractivity (Wildman–Crippen MR) is 120 cm³/mol. The van der Waals surface area contributed by atoms with Crippen LogP contribution < -0.4 is 0 Å². The summed E-state index contributed by atoms with van der Waals surface area (Å²) >= 11 is 0. The average molecular weight is 458 g/mol. The first-order chi connectivity index (χ1) is 14.4. The molecule has 3 unspecified atom stereocenters. The lowest BCUT2D eigenvalue weighted by molar-refractivity contribution is -0.140. The maximum atomic E-state index is 11.3. The molecular weight excluding hydrogens is 423 g/mol. The molecule has 10 nitrogen and oxygen atoms in total. The lowest BCUT2D eigenvalue weighted by atomic mass is 10.0. The zero-order chi connectivity index (χ0) is 23.6. The highest BCUT2D eigenvalue weighted by Gasteiger charge is 2.33. The zero-order valence-electron chi connectivity index (χ0n) is 18.4. The highest BCUT2D eigenvalue weighted by molar-refractivity contribution is 7.18. The van der Waals surface area contributed by atoms with Crippen molar-refractivity contribution in [3.63, 3.8) is 0 Å². The van der Waals surface area contributed by atoms with Gasteiger partial charge in [0.15, 0.2) is 0 Å². The second kappa shape index (κ2) is 12.9. The Morgan fingerprint density at radius 2 is 1.13 bits per heavy atom. The van der Waals surface area contributed by atoms with E-state index in [2.05, 4.69) is 20.1 Å². The van der Waals surface area contributed by atoms with Crippen molar-refractivity contribution in [1.29, 1.82) is 0 Å². The maximum Gasteiger partial charge on any atom is 0.317 e. The molecular formula is C20H35N4O6P. The van der Waals surface area contributed by atoms with Crippen LogP contribution in [0.2, 0.25) is 0 Å². The minimum absolute atomic E-state index is 0.0997. The summed E-state index contributed by atoms with van der Waals surface area (Å²) in [6.45, 7) is 7.03. The van der Waals surface area contributed by atoms with E-state index in [4.69, 9.17) is 6.42 Å². The molecule has 1 aliphatic rings. The fourth-order valence-corrected chi connectivity index (χ4v) is 3.86. The maximum absolute atomic E-state index is 11.3. The molecule has 0 aromatic carbocycles. The number of hydrogen-bond donors (Lipinski definition) is 3. The molecule has 1 fully saturated rings. The van der Waals surface area contributed by atoms with E-state index in [1.54, 1.807) is 14.7 Å². The number of carboxylic acids is 3. The van der Waals surface area contributed by atoms with E-state index in [-0.39, 0.29) is 25.6 Å². The second-order valence-corrected chi connectivity index (χ2v) is 9.28. The van der Waals surface area contributed by atoms with Crippen molar-refractivity contribution in [3.05, 3.63) is 0 Å². The Kier molecular flexibility index (Phi) is 11.4. The number of nitrogens with zero attached hydrogens (tertiary/aromatic N) is 4. The highest BCUT2D eigenvalue weighted by atomic mass is 31.0. The van der Waals surface area contributed by atoms with Gasteiger partial charge < -0.3 is 15.3 Å². The SMILES string of the molecule is C#CC(C)C(C)(P)N1CCN(CC(=O)O)CCN(CC(=O)O)CCN(CC(=O)O)CC1. The molecule has 1 saturated heterocycles. The number of aliphatic carboxylic acids is 3. The number of carbonyl (C=O) groups is 3.